The van der Waals surface area contributed by atoms with Gasteiger partial charge in [-0.3, -0.25) is 0 Å². The van der Waals surface area contributed by atoms with Gasteiger partial charge in [-0.25, -0.2) is 0 Å². The molecule has 0 spiro atoms. The lowest BCUT2D eigenvalue weighted by molar-refractivity contribution is 0.0700. The molecule has 3 heteroatoms. The molecule has 2 atom stereocenters. The van der Waals surface area contributed by atoms with Crippen molar-refractivity contribution in [2.45, 2.75) is 31.2 Å². The highest BCUT2D eigenvalue weighted by Crippen LogP contribution is 2.32. The third-order valence-corrected chi connectivity index (χ3v) is 3.76. The number of hydrogen-bond donors (Lipinski definition) is 2. The van der Waals surface area contributed by atoms with Gasteiger partial charge >= 0.3 is 0 Å². The Kier molecular flexibility index (Phi) is 3.42. The molecular weight excluding hydrogens is 176 g/mol. The van der Waals surface area contributed by atoms with Crippen molar-refractivity contribution in [1.82, 2.24) is 10.6 Å². The van der Waals surface area contributed by atoms with Gasteiger partial charge in [-0.05, 0) is 51.2 Å². The Balaban J connectivity index is 2.00. The van der Waals surface area contributed by atoms with E-state index in [2.05, 4.69) is 10.6 Å². The molecule has 0 saturated carbocycles. The van der Waals surface area contributed by atoms with Crippen LogP contribution in [-0.2, 0) is 4.74 Å². The molecule has 0 amide bonds. The summed E-state index contributed by atoms with van der Waals surface area (Å²) in [7, 11) is 1.82. The standard InChI is InChI=1S/C11H22N2O/c1-14-9-11(5-3-7-13-11)10-4-2-6-12-8-10/h10,12-13H,2-9H2,1H3. The summed E-state index contributed by atoms with van der Waals surface area (Å²) in [5.41, 5.74) is 0.280. The van der Waals surface area contributed by atoms with Crippen molar-refractivity contribution in [2.24, 2.45) is 5.92 Å². The summed E-state index contributed by atoms with van der Waals surface area (Å²) in [6.45, 7) is 4.40. The highest BCUT2D eigenvalue weighted by Gasteiger charge is 2.41. The number of nitrogens with one attached hydrogen (secondary N) is 2. The summed E-state index contributed by atoms with van der Waals surface area (Å²) in [6.07, 6.45) is 5.26. The third-order valence-electron chi connectivity index (χ3n) is 3.76. The van der Waals surface area contributed by atoms with Crippen LogP contribution in [0.15, 0.2) is 0 Å². The second-order valence-corrected chi connectivity index (χ2v) is 4.66. The van der Waals surface area contributed by atoms with E-state index >= 15 is 0 Å². The van der Waals surface area contributed by atoms with E-state index in [9.17, 15) is 0 Å². The summed E-state index contributed by atoms with van der Waals surface area (Å²) in [4.78, 5) is 0. The second kappa shape index (κ2) is 4.60. The first-order chi connectivity index (χ1) is 6.87. The third kappa shape index (κ3) is 1.95. The van der Waals surface area contributed by atoms with Gasteiger partial charge in [0.1, 0.15) is 0 Å². The molecule has 0 aromatic heterocycles. The van der Waals surface area contributed by atoms with Crippen molar-refractivity contribution in [1.29, 1.82) is 0 Å². The maximum Gasteiger partial charge on any atom is 0.0647 e. The zero-order chi connectivity index (χ0) is 9.86. The molecule has 2 heterocycles. The molecule has 2 saturated heterocycles. The quantitative estimate of drug-likeness (QED) is 0.702. The molecule has 2 aliphatic heterocycles. The van der Waals surface area contributed by atoms with Crippen LogP contribution < -0.4 is 10.6 Å². The smallest absolute Gasteiger partial charge is 0.0647 e. The lowest BCUT2D eigenvalue weighted by atomic mass is 9.79. The Hall–Kier alpha value is -0.120. The van der Waals surface area contributed by atoms with E-state index in [0.717, 1.165) is 19.1 Å². The fourth-order valence-electron chi connectivity index (χ4n) is 3.00. The molecule has 3 nitrogen and oxygen atoms in total. The van der Waals surface area contributed by atoms with Crippen LogP contribution in [-0.4, -0.2) is 38.9 Å². The average Bonchev–Trinajstić information content (AvgIpc) is 2.70. The first kappa shape index (κ1) is 10.4. The maximum absolute atomic E-state index is 5.39. The molecule has 2 rings (SSSR count). The monoisotopic (exact) mass is 198 g/mol. The van der Waals surface area contributed by atoms with Crippen LogP contribution in [0.5, 0.6) is 0 Å². The van der Waals surface area contributed by atoms with Gasteiger partial charge in [0.25, 0.3) is 0 Å². The molecule has 0 aromatic carbocycles. The minimum Gasteiger partial charge on any atom is -0.383 e. The number of ether oxygens (including phenoxy) is 1. The van der Waals surface area contributed by atoms with E-state index in [1.54, 1.807) is 0 Å². The number of piperidine rings is 1. The molecule has 0 radical (unpaired) electrons. The Bertz CT molecular complexity index is 172. The molecule has 2 N–H and O–H groups in total. The van der Waals surface area contributed by atoms with E-state index in [1.165, 1.54) is 38.8 Å². The predicted molar refractivity (Wildman–Crippen MR) is 57.4 cm³/mol. The van der Waals surface area contributed by atoms with Crippen molar-refractivity contribution in [3.8, 4) is 0 Å². The molecule has 0 aromatic rings. The molecule has 14 heavy (non-hydrogen) atoms. The molecule has 82 valence electrons. The van der Waals surface area contributed by atoms with E-state index in [-0.39, 0.29) is 5.54 Å². The highest BCUT2D eigenvalue weighted by atomic mass is 16.5. The van der Waals surface area contributed by atoms with Crippen LogP contribution >= 0.6 is 0 Å². The topological polar surface area (TPSA) is 33.3 Å². The maximum atomic E-state index is 5.39. The predicted octanol–water partition coefficient (Wildman–Crippen LogP) is 0.755. The average molecular weight is 198 g/mol. The number of methoxy groups -OCH3 is 1. The Morgan fingerprint density at radius 2 is 2.29 bits per heavy atom. The van der Waals surface area contributed by atoms with Gasteiger partial charge in [0, 0.05) is 12.6 Å². The summed E-state index contributed by atoms with van der Waals surface area (Å²) in [5.74, 6) is 0.763. The van der Waals surface area contributed by atoms with Crippen LogP contribution in [0.4, 0.5) is 0 Å². The lowest BCUT2D eigenvalue weighted by Gasteiger charge is -2.39. The van der Waals surface area contributed by atoms with Crippen molar-refractivity contribution >= 4 is 0 Å². The van der Waals surface area contributed by atoms with Gasteiger partial charge in [-0.2, -0.15) is 0 Å². The fourth-order valence-corrected chi connectivity index (χ4v) is 3.00. The first-order valence-corrected chi connectivity index (χ1v) is 5.82. The molecule has 2 unspecified atom stereocenters. The Morgan fingerprint density at radius 1 is 1.36 bits per heavy atom. The zero-order valence-electron chi connectivity index (χ0n) is 9.14. The van der Waals surface area contributed by atoms with Crippen molar-refractivity contribution in [2.75, 3.05) is 33.4 Å². The van der Waals surface area contributed by atoms with E-state index in [1.807, 2.05) is 7.11 Å². The van der Waals surface area contributed by atoms with Crippen LogP contribution in [0.3, 0.4) is 0 Å². The van der Waals surface area contributed by atoms with Crippen LogP contribution in [0.1, 0.15) is 25.7 Å². The van der Waals surface area contributed by atoms with Gasteiger partial charge < -0.3 is 15.4 Å². The highest BCUT2D eigenvalue weighted by molar-refractivity contribution is 5.00. The minimum atomic E-state index is 0.280. The van der Waals surface area contributed by atoms with Gasteiger partial charge in [0.15, 0.2) is 0 Å². The number of rotatable bonds is 3. The van der Waals surface area contributed by atoms with Crippen molar-refractivity contribution < 1.29 is 4.74 Å². The normalized spacial score (nSPS) is 38.8. The molecule has 0 bridgehead atoms. The number of hydrogen-bond acceptors (Lipinski definition) is 3. The van der Waals surface area contributed by atoms with Gasteiger partial charge in [0.05, 0.1) is 6.61 Å². The van der Waals surface area contributed by atoms with Gasteiger partial charge in [-0.15, -0.1) is 0 Å². The van der Waals surface area contributed by atoms with Crippen LogP contribution in [0.2, 0.25) is 0 Å². The Morgan fingerprint density at radius 3 is 2.86 bits per heavy atom. The van der Waals surface area contributed by atoms with E-state index < -0.39 is 0 Å². The zero-order valence-corrected chi connectivity index (χ0v) is 9.14. The summed E-state index contributed by atoms with van der Waals surface area (Å²) in [5, 5.41) is 7.18. The van der Waals surface area contributed by atoms with E-state index in [4.69, 9.17) is 4.74 Å². The van der Waals surface area contributed by atoms with Gasteiger partial charge in [-0.1, -0.05) is 0 Å². The second-order valence-electron chi connectivity index (χ2n) is 4.66. The SMILES string of the molecule is COCC1(C2CCCNC2)CCCN1. The molecule has 2 fully saturated rings. The lowest BCUT2D eigenvalue weighted by Crippen LogP contribution is -2.55. The fraction of sp³-hybridized carbons (Fsp3) is 1.00. The van der Waals surface area contributed by atoms with E-state index in [0.29, 0.717) is 0 Å². The minimum absolute atomic E-state index is 0.280. The Labute approximate surface area is 86.6 Å². The molecule has 0 aliphatic carbocycles. The summed E-state index contributed by atoms with van der Waals surface area (Å²) < 4.78 is 5.39. The van der Waals surface area contributed by atoms with Gasteiger partial charge in [0.2, 0.25) is 0 Å². The summed E-state index contributed by atoms with van der Waals surface area (Å²) in [6, 6.07) is 0. The molecule has 2 aliphatic rings. The first-order valence-electron chi connectivity index (χ1n) is 5.82. The van der Waals surface area contributed by atoms with Crippen molar-refractivity contribution in [3.63, 3.8) is 0 Å². The van der Waals surface area contributed by atoms with Crippen molar-refractivity contribution in [3.05, 3.63) is 0 Å². The largest absolute Gasteiger partial charge is 0.383 e. The van der Waals surface area contributed by atoms with Crippen LogP contribution in [0.25, 0.3) is 0 Å². The molecular formula is C11H22N2O. The van der Waals surface area contributed by atoms with Crippen LogP contribution in [0, 0.1) is 5.92 Å². The summed E-state index contributed by atoms with van der Waals surface area (Å²) >= 11 is 0.